The van der Waals surface area contributed by atoms with Crippen LogP contribution in [0, 0.1) is 5.92 Å². The molecule has 1 atom stereocenters. The zero-order chi connectivity index (χ0) is 12.3. The van der Waals surface area contributed by atoms with E-state index in [1.165, 1.54) is 19.3 Å². The van der Waals surface area contributed by atoms with Gasteiger partial charge in [-0.2, -0.15) is 0 Å². The van der Waals surface area contributed by atoms with Gasteiger partial charge in [0.25, 0.3) is 0 Å². The van der Waals surface area contributed by atoms with Crippen LogP contribution in [0.15, 0.2) is 0 Å². The lowest BCUT2D eigenvalue weighted by molar-refractivity contribution is 0.249. The van der Waals surface area contributed by atoms with Gasteiger partial charge in [-0.1, -0.05) is 13.3 Å². The first-order valence-corrected chi connectivity index (χ1v) is 8.44. The lowest BCUT2D eigenvalue weighted by Crippen LogP contribution is -2.42. The SMILES string of the molecule is CCN(CC1CCC1)S(=O)(=O)CC1CCCN1. The summed E-state index contributed by atoms with van der Waals surface area (Å²) in [5.74, 6) is 0.898. The Bertz CT molecular complexity index is 332. The van der Waals surface area contributed by atoms with Gasteiger partial charge < -0.3 is 5.32 Å². The molecule has 1 N–H and O–H groups in total. The number of nitrogens with zero attached hydrogens (tertiary/aromatic N) is 1. The van der Waals surface area contributed by atoms with Crippen molar-refractivity contribution in [2.45, 2.75) is 45.1 Å². The highest BCUT2D eigenvalue weighted by Gasteiger charge is 2.30. The number of sulfonamides is 1. The first-order chi connectivity index (χ1) is 8.12. The van der Waals surface area contributed by atoms with E-state index in [4.69, 9.17) is 0 Å². The van der Waals surface area contributed by atoms with E-state index in [9.17, 15) is 8.42 Å². The lowest BCUT2D eigenvalue weighted by Gasteiger charge is -2.31. The third kappa shape index (κ3) is 3.42. The Morgan fingerprint density at radius 1 is 1.24 bits per heavy atom. The van der Waals surface area contributed by atoms with Gasteiger partial charge in [0.05, 0.1) is 5.75 Å². The molecule has 0 aromatic rings. The summed E-state index contributed by atoms with van der Waals surface area (Å²) in [5, 5.41) is 3.27. The highest BCUT2D eigenvalue weighted by Crippen LogP contribution is 2.28. The second-order valence-corrected chi connectivity index (χ2v) is 7.33. The summed E-state index contributed by atoms with van der Waals surface area (Å²) in [6, 6.07) is 0.176. The third-order valence-corrected chi connectivity index (χ3v) is 6.02. The van der Waals surface area contributed by atoms with Gasteiger partial charge in [0.1, 0.15) is 0 Å². The van der Waals surface area contributed by atoms with E-state index >= 15 is 0 Å². The van der Waals surface area contributed by atoms with Crippen LogP contribution in [-0.4, -0.2) is 44.2 Å². The summed E-state index contributed by atoms with van der Waals surface area (Å²) in [7, 11) is -3.06. The van der Waals surface area contributed by atoms with Crippen molar-refractivity contribution >= 4 is 10.0 Å². The van der Waals surface area contributed by atoms with Crippen molar-refractivity contribution < 1.29 is 8.42 Å². The third-order valence-electron chi connectivity index (χ3n) is 4.01. The lowest BCUT2D eigenvalue weighted by atomic mass is 9.85. The Hall–Kier alpha value is -0.130. The average Bonchev–Trinajstić information content (AvgIpc) is 2.67. The highest BCUT2D eigenvalue weighted by atomic mass is 32.2. The van der Waals surface area contributed by atoms with E-state index < -0.39 is 10.0 Å². The summed E-state index contributed by atoms with van der Waals surface area (Å²) < 4.78 is 26.2. The number of nitrogens with one attached hydrogen (secondary N) is 1. The topological polar surface area (TPSA) is 49.4 Å². The molecule has 0 aromatic carbocycles. The largest absolute Gasteiger partial charge is 0.313 e. The van der Waals surface area contributed by atoms with E-state index in [0.29, 0.717) is 12.5 Å². The highest BCUT2D eigenvalue weighted by molar-refractivity contribution is 7.89. The molecule has 2 aliphatic rings. The zero-order valence-corrected chi connectivity index (χ0v) is 11.5. The predicted molar refractivity (Wildman–Crippen MR) is 69.4 cm³/mol. The molecular formula is C12H24N2O2S. The molecule has 0 aromatic heterocycles. The fourth-order valence-electron chi connectivity index (χ4n) is 2.66. The Kier molecular flexibility index (Phi) is 4.44. The van der Waals surface area contributed by atoms with Gasteiger partial charge >= 0.3 is 0 Å². The molecule has 17 heavy (non-hydrogen) atoms. The number of rotatable bonds is 6. The second-order valence-electron chi connectivity index (χ2n) is 5.32. The van der Waals surface area contributed by atoms with E-state index in [1.807, 2.05) is 6.92 Å². The quantitative estimate of drug-likeness (QED) is 0.780. The molecule has 1 aliphatic heterocycles. The summed E-state index contributed by atoms with van der Waals surface area (Å²) in [6.07, 6.45) is 5.78. The molecule has 0 radical (unpaired) electrons. The van der Waals surface area contributed by atoms with Crippen molar-refractivity contribution in [1.29, 1.82) is 0 Å². The Balaban J connectivity index is 1.90. The minimum Gasteiger partial charge on any atom is -0.313 e. The van der Waals surface area contributed by atoms with Crippen LogP contribution in [0.2, 0.25) is 0 Å². The van der Waals surface area contributed by atoms with E-state index in [1.54, 1.807) is 4.31 Å². The van der Waals surface area contributed by atoms with Crippen molar-refractivity contribution in [3.8, 4) is 0 Å². The van der Waals surface area contributed by atoms with Gasteiger partial charge in [0, 0.05) is 19.1 Å². The summed E-state index contributed by atoms with van der Waals surface area (Å²) in [6.45, 7) is 4.27. The Morgan fingerprint density at radius 2 is 2.00 bits per heavy atom. The van der Waals surface area contributed by atoms with Gasteiger partial charge in [-0.15, -0.1) is 0 Å². The maximum absolute atomic E-state index is 12.3. The van der Waals surface area contributed by atoms with Gasteiger partial charge in [-0.25, -0.2) is 12.7 Å². The molecular weight excluding hydrogens is 236 g/mol. The summed E-state index contributed by atoms with van der Waals surface area (Å²) in [5.41, 5.74) is 0. The molecule has 1 unspecified atom stereocenters. The van der Waals surface area contributed by atoms with Crippen LogP contribution in [0.1, 0.15) is 39.0 Å². The molecule has 2 fully saturated rings. The van der Waals surface area contributed by atoms with Crippen LogP contribution in [0.4, 0.5) is 0 Å². The van der Waals surface area contributed by atoms with Gasteiger partial charge in [0.15, 0.2) is 0 Å². The maximum Gasteiger partial charge on any atom is 0.215 e. The normalized spacial score (nSPS) is 26.4. The van der Waals surface area contributed by atoms with Gasteiger partial charge in [-0.3, -0.25) is 0 Å². The fourth-order valence-corrected chi connectivity index (χ4v) is 4.50. The fraction of sp³-hybridized carbons (Fsp3) is 1.00. The summed E-state index contributed by atoms with van der Waals surface area (Å²) >= 11 is 0. The minimum absolute atomic E-state index is 0.176. The van der Waals surface area contributed by atoms with Crippen molar-refractivity contribution in [2.24, 2.45) is 5.92 Å². The molecule has 5 heteroatoms. The van der Waals surface area contributed by atoms with E-state index in [-0.39, 0.29) is 11.8 Å². The Labute approximate surface area is 105 Å². The number of hydrogen-bond acceptors (Lipinski definition) is 3. The van der Waals surface area contributed by atoms with Gasteiger partial charge in [-0.05, 0) is 38.1 Å². The molecule has 100 valence electrons. The number of hydrogen-bond donors (Lipinski definition) is 1. The van der Waals surface area contributed by atoms with E-state index in [2.05, 4.69) is 5.32 Å². The van der Waals surface area contributed by atoms with E-state index in [0.717, 1.165) is 25.9 Å². The molecule has 2 rings (SSSR count). The van der Waals surface area contributed by atoms with Crippen LogP contribution < -0.4 is 5.32 Å². The van der Waals surface area contributed by atoms with Gasteiger partial charge in [0.2, 0.25) is 10.0 Å². The van der Waals surface area contributed by atoms with Crippen molar-refractivity contribution in [3.05, 3.63) is 0 Å². The van der Waals surface area contributed by atoms with Crippen LogP contribution in [0.25, 0.3) is 0 Å². The standard InChI is InChI=1S/C12H24N2O2S/c1-2-14(9-11-5-3-6-11)17(15,16)10-12-7-4-8-13-12/h11-13H,2-10H2,1H3. The average molecular weight is 260 g/mol. The molecule has 0 spiro atoms. The maximum atomic E-state index is 12.3. The monoisotopic (exact) mass is 260 g/mol. The molecule has 0 bridgehead atoms. The van der Waals surface area contributed by atoms with Crippen molar-refractivity contribution in [2.75, 3.05) is 25.4 Å². The molecule has 0 amide bonds. The Morgan fingerprint density at radius 3 is 2.47 bits per heavy atom. The molecule has 1 saturated carbocycles. The first kappa shape index (κ1) is 13.3. The molecule has 1 saturated heterocycles. The van der Waals surface area contributed by atoms with Crippen molar-refractivity contribution in [3.63, 3.8) is 0 Å². The molecule has 1 aliphatic carbocycles. The molecule has 1 heterocycles. The van der Waals surface area contributed by atoms with Crippen LogP contribution in [0.3, 0.4) is 0 Å². The van der Waals surface area contributed by atoms with Crippen LogP contribution >= 0.6 is 0 Å². The molecule has 4 nitrogen and oxygen atoms in total. The zero-order valence-electron chi connectivity index (χ0n) is 10.7. The summed E-state index contributed by atoms with van der Waals surface area (Å²) in [4.78, 5) is 0. The smallest absolute Gasteiger partial charge is 0.215 e. The predicted octanol–water partition coefficient (Wildman–Crippen LogP) is 1.19. The second kappa shape index (κ2) is 5.67. The minimum atomic E-state index is -3.06. The first-order valence-electron chi connectivity index (χ1n) is 6.83. The van der Waals surface area contributed by atoms with Crippen LogP contribution in [0.5, 0.6) is 0 Å². The van der Waals surface area contributed by atoms with Crippen molar-refractivity contribution in [1.82, 2.24) is 9.62 Å². The van der Waals surface area contributed by atoms with Crippen LogP contribution in [-0.2, 0) is 10.0 Å².